The zero-order valence-corrected chi connectivity index (χ0v) is 15.0. The lowest BCUT2D eigenvalue weighted by molar-refractivity contribution is -0.121. The van der Waals surface area contributed by atoms with Gasteiger partial charge in [-0.25, -0.2) is 17.5 Å². The molecule has 8 heteroatoms. The molecule has 26 heavy (non-hydrogen) atoms. The van der Waals surface area contributed by atoms with Crippen LogP contribution in [0.5, 0.6) is 0 Å². The number of amides is 1. The molecule has 0 heterocycles. The highest BCUT2D eigenvalue weighted by molar-refractivity contribution is 7.89. The van der Waals surface area contributed by atoms with Gasteiger partial charge < -0.3 is 5.32 Å². The third-order valence-corrected chi connectivity index (χ3v) is 5.13. The number of sulfonamides is 1. The fraction of sp³-hybridized carbons (Fsp3) is 0.222. The Morgan fingerprint density at radius 2 is 1.69 bits per heavy atom. The third-order valence-electron chi connectivity index (χ3n) is 3.65. The van der Waals surface area contributed by atoms with Crippen molar-refractivity contribution in [1.29, 1.82) is 0 Å². The second-order valence-corrected chi connectivity index (χ2v) is 7.36. The van der Waals surface area contributed by atoms with E-state index in [1.54, 1.807) is 18.2 Å². The monoisotopic (exact) mass is 378 g/mol. The molecule has 0 unspecified atom stereocenters. The number of rotatable bonds is 8. The molecule has 6 nitrogen and oxygen atoms in total. The van der Waals surface area contributed by atoms with Crippen LogP contribution in [0.25, 0.3) is 0 Å². The molecular formula is C18H19FN2O4S. The molecule has 0 atom stereocenters. The van der Waals surface area contributed by atoms with Crippen molar-refractivity contribution in [1.82, 2.24) is 10.0 Å². The van der Waals surface area contributed by atoms with Crippen molar-refractivity contribution in [2.75, 3.05) is 6.54 Å². The van der Waals surface area contributed by atoms with E-state index >= 15 is 0 Å². The highest BCUT2D eigenvalue weighted by Crippen LogP contribution is 2.11. The van der Waals surface area contributed by atoms with Crippen LogP contribution in [-0.4, -0.2) is 26.7 Å². The molecule has 2 N–H and O–H groups in total. The highest BCUT2D eigenvalue weighted by atomic mass is 32.2. The molecule has 2 aromatic rings. The molecule has 0 aromatic heterocycles. The summed E-state index contributed by atoms with van der Waals surface area (Å²) in [6, 6.07) is 11.6. The number of nitrogens with one attached hydrogen (secondary N) is 2. The molecule has 2 aromatic carbocycles. The summed E-state index contributed by atoms with van der Waals surface area (Å²) in [4.78, 5) is 23.0. The van der Waals surface area contributed by atoms with Gasteiger partial charge in [0.2, 0.25) is 15.9 Å². The zero-order valence-electron chi connectivity index (χ0n) is 14.2. The predicted octanol–water partition coefficient (Wildman–Crippen LogP) is 2.01. The lowest BCUT2D eigenvalue weighted by atomic mass is 10.2. The van der Waals surface area contributed by atoms with Crippen LogP contribution in [0.2, 0.25) is 0 Å². The van der Waals surface area contributed by atoms with Crippen LogP contribution in [0.15, 0.2) is 53.4 Å². The number of carbonyl (C=O) groups is 2. The van der Waals surface area contributed by atoms with Crippen molar-refractivity contribution in [2.45, 2.75) is 24.8 Å². The number of hydrogen-bond donors (Lipinski definition) is 2. The van der Waals surface area contributed by atoms with Gasteiger partial charge in [-0.15, -0.1) is 0 Å². The molecule has 0 fully saturated rings. The molecule has 138 valence electrons. The van der Waals surface area contributed by atoms with Gasteiger partial charge in [0.15, 0.2) is 5.78 Å². The largest absolute Gasteiger partial charge is 0.352 e. The summed E-state index contributed by atoms with van der Waals surface area (Å²) in [6.07, 6.45) is -0.0841. The average Bonchev–Trinajstić information content (AvgIpc) is 2.61. The first kappa shape index (κ1) is 19.7. The first-order valence-electron chi connectivity index (χ1n) is 7.90. The van der Waals surface area contributed by atoms with Crippen molar-refractivity contribution in [2.24, 2.45) is 0 Å². The van der Waals surface area contributed by atoms with E-state index in [1.165, 1.54) is 37.3 Å². The van der Waals surface area contributed by atoms with E-state index in [9.17, 15) is 22.4 Å². The van der Waals surface area contributed by atoms with Gasteiger partial charge in [0.05, 0.1) is 4.90 Å². The molecule has 0 aliphatic heterocycles. The standard InChI is InChI=1S/C18H19FN2O4S/c1-13(22)14-6-8-16(9-7-14)26(24,25)21-11-10-18(23)20-12-15-4-2-3-5-17(15)19/h2-9,21H,10-12H2,1H3,(H,20,23). The first-order valence-corrected chi connectivity index (χ1v) is 9.38. The summed E-state index contributed by atoms with van der Waals surface area (Å²) in [5.41, 5.74) is 0.767. The van der Waals surface area contributed by atoms with Crippen LogP contribution >= 0.6 is 0 Å². The van der Waals surface area contributed by atoms with E-state index in [2.05, 4.69) is 10.0 Å². The van der Waals surface area contributed by atoms with Crippen molar-refractivity contribution >= 4 is 21.7 Å². The van der Waals surface area contributed by atoms with Crippen LogP contribution in [0.3, 0.4) is 0 Å². The van der Waals surface area contributed by atoms with E-state index in [4.69, 9.17) is 0 Å². The first-order chi connectivity index (χ1) is 12.3. The summed E-state index contributed by atoms with van der Waals surface area (Å²) < 4.78 is 40.1. The topological polar surface area (TPSA) is 92.3 Å². The predicted molar refractivity (Wildman–Crippen MR) is 94.5 cm³/mol. The summed E-state index contributed by atoms with van der Waals surface area (Å²) >= 11 is 0. The Hall–Kier alpha value is -2.58. The van der Waals surface area contributed by atoms with Gasteiger partial charge in [-0.05, 0) is 25.1 Å². The van der Waals surface area contributed by atoms with Gasteiger partial charge in [0.1, 0.15) is 5.82 Å². The second kappa shape index (κ2) is 8.68. The van der Waals surface area contributed by atoms with Crippen LogP contribution in [0.1, 0.15) is 29.3 Å². The second-order valence-electron chi connectivity index (χ2n) is 5.60. The molecule has 0 aliphatic rings. The van der Waals surface area contributed by atoms with Crippen molar-refractivity contribution < 1.29 is 22.4 Å². The van der Waals surface area contributed by atoms with E-state index in [-0.39, 0.29) is 30.2 Å². The maximum absolute atomic E-state index is 13.5. The van der Waals surface area contributed by atoms with Crippen LogP contribution < -0.4 is 10.0 Å². The fourth-order valence-corrected chi connectivity index (χ4v) is 3.21. The SMILES string of the molecule is CC(=O)c1ccc(S(=O)(=O)NCCC(=O)NCc2ccccc2F)cc1. The van der Waals surface area contributed by atoms with E-state index < -0.39 is 21.7 Å². The molecular weight excluding hydrogens is 359 g/mol. The van der Waals surface area contributed by atoms with E-state index in [0.717, 1.165) is 0 Å². The fourth-order valence-electron chi connectivity index (χ4n) is 2.18. The molecule has 2 rings (SSSR count). The highest BCUT2D eigenvalue weighted by Gasteiger charge is 2.14. The Balaban J connectivity index is 1.83. The minimum absolute atomic E-state index is 0.00858. The Labute approximate surface area is 151 Å². The van der Waals surface area contributed by atoms with Crippen molar-refractivity contribution in [3.8, 4) is 0 Å². The van der Waals surface area contributed by atoms with Crippen LogP contribution in [0.4, 0.5) is 4.39 Å². The maximum Gasteiger partial charge on any atom is 0.240 e. The van der Waals surface area contributed by atoms with Crippen molar-refractivity contribution in [3.63, 3.8) is 0 Å². The van der Waals surface area contributed by atoms with Gasteiger partial charge in [0, 0.05) is 30.6 Å². The lowest BCUT2D eigenvalue weighted by Gasteiger charge is -2.08. The lowest BCUT2D eigenvalue weighted by Crippen LogP contribution is -2.30. The maximum atomic E-state index is 13.5. The number of carbonyl (C=O) groups excluding carboxylic acids is 2. The minimum Gasteiger partial charge on any atom is -0.352 e. The quantitative estimate of drug-likeness (QED) is 0.688. The van der Waals surface area contributed by atoms with Gasteiger partial charge in [-0.2, -0.15) is 0 Å². The summed E-state index contributed by atoms with van der Waals surface area (Å²) in [6.45, 7) is 1.33. The Bertz CT molecular complexity index is 896. The number of hydrogen-bond acceptors (Lipinski definition) is 4. The summed E-state index contributed by atoms with van der Waals surface area (Å²) in [5.74, 6) is -0.973. The molecule has 1 amide bonds. The van der Waals surface area contributed by atoms with Gasteiger partial charge in [-0.3, -0.25) is 9.59 Å². The zero-order chi connectivity index (χ0) is 19.2. The molecule has 0 aliphatic carbocycles. The smallest absolute Gasteiger partial charge is 0.240 e. The molecule has 0 spiro atoms. The Morgan fingerprint density at radius 3 is 2.31 bits per heavy atom. The van der Waals surface area contributed by atoms with Crippen LogP contribution in [0, 0.1) is 5.82 Å². The number of benzene rings is 2. The van der Waals surface area contributed by atoms with E-state index in [0.29, 0.717) is 11.1 Å². The normalized spacial score (nSPS) is 11.2. The average molecular weight is 378 g/mol. The number of Topliss-reactive ketones (excluding diaryl/α,β-unsaturated/α-hetero) is 1. The number of halogens is 1. The Kier molecular flexibility index (Phi) is 6.59. The number of ketones is 1. The minimum atomic E-state index is -3.77. The van der Waals surface area contributed by atoms with Gasteiger partial charge >= 0.3 is 0 Å². The summed E-state index contributed by atoms with van der Waals surface area (Å²) in [7, 11) is -3.77. The van der Waals surface area contributed by atoms with Crippen molar-refractivity contribution in [3.05, 3.63) is 65.5 Å². The third kappa shape index (κ3) is 5.47. The van der Waals surface area contributed by atoms with E-state index in [1.807, 2.05) is 0 Å². The molecule has 0 saturated carbocycles. The summed E-state index contributed by atoms with van der Waals surface area (Å²) in [5, 5.41) is 2.53. The molecule has 0 saturated heterocycles. The Morgan fingerprint density at radius 1 is 1.04 bits per heavy atom. The van der Waals surface area contributed by atoms with Gasteiger partial charge in [0.25, 0.3) is 0 Å². The van der Waals surface area contributed by atoms with Crippen LogP contribution in [-0.2, 0) is 21.4 Å². The molecule has 0 bridgehead atoms. The van der Waals surface area contributed by atoms with Gasteiger partial charge in [-0.1, -0.05) is 30.3 Å². The molecule has 0 radical (unpaired) electrons.